The van der Waals surface area contributed by atoms with Crippen molar-refractivity contribution in [2.24, 2.45) is 10.9 Å². The number of nitrogens with one attached hydrogen (secondary N) is 1. The minimum absolute atomic E-state index is 0.0242. The molecular formula is C31H33N3O10. The maximum Gasteiger partial charge on any atom is 0.338 e. The molecule has 0 spiro atoms. The third-order valence-electron chi connectivity index (χ3n) is 7.17. The molecule has 13 heteroatoms. The van der Waals surface area contributed by atoms with Gasteiger partial charge in [0, 0.05) is 48.7 Å². The number of amides is 1. The number of hydrogen-bond acceptors (Lipinski definition) is 11. The van der Waals surface area contributed by atoms with Gasteiger partial charge in [-0.15, -0.1) is 0 Å². The number of benzene rings is 2. The van der Waals surface area contributed by atoms with Crippen LogP contribution in [0.25, 0.3) is 0 Å². The molecule has 4 rings (SSSR count). The lowest BCUT2D eigenvalue weighted by atomic mass is 9.75. The van der Waals surface area contributed by atoms with Crippen LogP contribution in [0.3, 0.4) is 0 Å². The van der Waals surface area contributed by atoms with Crippen molar-refractivity contribution in [1.29, 1.82) is 0 Å². The molecule has 1 fully saturated rings. The topological polar surface area (TPSA) is 173 Å². The molecule has 232 valence electrons. The van der Waals surface area contributed by atoms with Gasteiger partial charge in [0.25, 0.3) is 5.69 Å². The van der Waals surface area contributed by atoms with E-state index in [-0.39, 0.29) is 48.7 Å². The first-order chi connectivity index (χ1) is 21.0. The monoisotopic (exact) mass is 607 g/mol. The fourth-order valence-electron chi connectivity index (χ4n) is 5.16. The molecule has 13 nitrogen and oxygen atoms in total. The number of allylic oxidation sites excluding steroid dienone is 1. The van der Waals surface area contributed by atoms with Crippen molar-refractivity contribution in [1.82, 2.24) is 0 Å². The number of carbonyl (C=O) groups is 4. The molecule has 0 aromatic heterocycles. The highest BCUT2D eigenvalue weighted by Gasteiger charge is 2.43. The number of carbonyl (C=O) groups excluding carboxylic acids is 4. The molecule has 0 radical (unpaired) electrons. The quantitative estimate of drug-likeness (QED) is 0.129. The Morgan fingerprint density at radius 3 is 2.41 bits per heavy atom. The number of aliphatic imine (C=N–C) groups is 1. The van der Waals surface area contributed by atoms with Crippen LogP contribution in [0.2, 0.25) is 0 Å². The van der Waals surface area contributed by atoms with Gasteiger partial charge in [0.15, 0.2) is 0 Å². The zero-order valence-electron chi connectivity index (χ0n) is 24.6. The molecule has 1 unspecified atom stereocenters. The molecule has 3 atom stereocenters. The van der Waals surface area contributed by atoms with Gasteiger partial charge in [0.1, 0.15) is 25.7 Å². The van der Waals surface area contributed by atoms with E-state index in [1.807, 2.05) is 0 Å². The first-order valence-electron chi connectivity index (χ1n) is 14.1. The van der Waals surface area contributed by atoms with Crippen molar-refractivity contribution < 1.29 is 43.0 Å². The van der Waals surface area contributed by atoms with Crippen LogP contribution in [-0.2, 0) is 33.3 Å². The number of non-ortho nitro benzene ring substituents is 1. The first-order valence-corrected chi connectivity index (χ1v) is 14.1. The van der Waals surface area contributed by atoms with E-state index in [9.17, 15) is 29.3 Å². The summed E-state index contributed by atoms with van der Waals surface area (Å²) in [6.07, 6.45) is 1.37. The van der Waals surface area contributed by atoms with E-state index in [0.717, 1.165) is 12.8 Å². The van der Waals surface area contributed by atoms with Crippen LogP contribution in [0.15, 0.2) is 64.8 Å². The highest BCUT2D eigenvalue weighted by atomic mass is 16.6. The largest absolute Gasteiger partial charge is 0.462 e. The SMILES string of the molecule is CC(=O)Nc1ccc(C(=O)OCCOC(=O)C2C(C)=NC(C)=C(C(=O)OC[C@@H]3CCCO3)[C@@H]2c2cccc([N+](=O)[O-])c2)cc1. The molecule has 0 aliphatic carbocycles. The second-order valence-electron chi connectivity index (χ2n) is 10.4. The minimum Gasteiger partial charge on any atom is -0.462 e. The summed E-state index contributed by atoms with van der Waals surface area (Å²) < 4.78 is 21.8. The molecule has 2 heterocycles. The summed E-state index contributed by atoms with van der Waals surface area (Å²) in [6, 6.07) is 11.8. The zero-order valence-corrected chi connectivity index (χ0v) is 24.6. The smallest absolute Gasteiger partial charge is 0.338 e. The zero-order chi connectivity index (χ0) is 31.8. The van der Waals surface area contributed by atoms with Gasteiger partial charge in [-0.05, 0) is 56.5 Å². The number of hydrogen-bond donors (Lipinski definition) is 1. The van der Waals surface area contributed by atoms with E-state index in [1.54, 1.807) is 32.0 Å². The van der Waals surface area contributed by atoms with Gasteiger partial charge < -0.3 is 24.3 Å². The Morgan fingerprint density at radius 1 is 1.02 bits per heavy atom. The molecular weight excluding hydrogens is 574 g/mol. The van der Waals surface area contributed by atoms with Crippen molar-refractivity contribution in [3.8, 4) is 0 Å². The molecule has 2 aromatic rings. The molecule has 1 N–H and O–H groups in total. The summed E-state index contributed by atoms with van der Waals surface area (Å²) >= 11 is 0. The molecule has 2 aliphatic rings. The van der Waals surface area contributed by atoms with E-state index in [0.29, 0.717) is 29.3 Å². The Hall–Kier alpha value is -4.91. The van der Waals surface area contributed by atoms with Crippen LogP contribution in [0, 0.1) is 16.0 Å². The van der Waals surface area contributed by atoms with E-state index in [2.05, 4.69) is 10.3 Å². The summed E-state index contributed by atoms with van der Waals surface area (Å²) in [5.74, 6) is -4.46. The van der Waals surface area contributed by atoms with Crippen LogP contribution in [0.5, 0.6) is 0 Å². The Bertz CT molecular complexity index is 1490. The van der Waals surface area contributed by atoms with Gasteiger partial charge in [-0.2, -0.15) is 0 Å². The number of rotatable bonds is 11. The third-order valence-corrected chi connectivity index (χ3v) is 7.17. The maximum atomic E-state index is 13.5. The predicted molar refractivity (Wildman–Crippen MR) is 157 cm³/mol. The van der Waals surface area contributed by atoms with E-state index in [1.165, 1.54) is 37.3 Å². The van der Waals surface area contributed by atoms with Crippen molar-refractivity contribution in [2.45, 2.75) is 45.6 Å². The van der Waals surface area contributed by atoms with Crippen molar-refractivity contribution in [2.75, 3.05) is 31.7 Å². The number of ether oxygens (including phenoxy) is 4. The highest BCUT2D eigenvalue weighted by molar-refractivity contribution is 6.07. The lowest BCUT2D eigenvalue weighted by molar-refractivity contribution is -0.384. The van der Waals surface area contributed by atoms with Crippen molar-refractivity contribution >= 4 is 40.9 Å². The van der Waals surface area contributed by atoms with Gasteiger partial charge in [-0.25, -0.2) is 9.59 Å². The number of anilines is 1. The molecule has 2 aliphatic heterocycles. The van der Waals surface area contributed by atoms with Crippen LogP contribution < -0.4 is 5.32 Å². The van der Waals surface area contributed by atoms with Crippen molar-refractivity contribution in [3.05, 3.63) is 81.0 Å². The fraction of sp³-hybridized carbons (Fsp3) is 0.387. The fourth-order valence-corrected chi connectivity index (χ4v) is 5.16. The maximum absolute atomic E-state index is 13.5. The van der Waals surface area contributed by atoms with Crippen LogP contribution in [0.4, 0.5) is 11.4 Å². The molecule has 0 bridgehead atoms. The predicted octanol–water partition coefficient (Wildman–Crippen LogP) is 4.12. The van der Waals surface area contributed by atoms with E-state index in [4.69, 9.17) is 18.9 Å². The standard InChI is InChI=1S/C31H33N3O10/c1-18-26(30(37)43-15-14-42-29(36)21-9-11-23(12-10-21)33-20(3)35)28(22-6-4-7-24(16-22)34(39)40)27(19(2)32-18)31(38)44-17-25-8-5-13-41-25/h4,6-7,9-12,16,25-26,28H,5,8,13-15,17H2,1-3H3,(H,33,35)/t25-,26?,28+/m0/s1. The van der Waals surface area contributed by atoms with E-state index >= 15 is 0 Å². The molecule has 1 saturated heterocycles. The van der Waals surface area contributed by atoms with Gasteiger partial charge >= 0.3 is 17.9 Å². The third kappa shape index (κ3) is 7.92. The van der Waals surface area contributed by atoms with Crippen molar-refractivity contribution in [3.63, 3.8) is 0 Å². The average molecular weight is 608 g/mol. The van der Waals surface area contributed by atoms with Crippen LogP contribution in [-0.4, -0.2) is 67.0 Å². The lowest BCUT2D eigenvalue weighted by Gasteiger charge is -2.31. The molecule has 2 aromatic carbocycles. The average Bonchev–Trinajstić information content (AvgIpc) is 3.51. The van der Waals surface area contributed by atoms with Crippen LogP contribution in [0.1, 0.15) is 55.5 Å². The Labute approximate surface area is 253 Å². The summed E-state index contributed by atoms with van der Waals surface area (Å²) in [5.41, 5.74) is 1.63. The van der Waals surface area contributed by atoms with Gasteiger partial charge in [-0.1, -0.05) is 12.1 Å². The Balaban J connectivity index is 1.48. The van der Waals surface area contributed by atoms with Gasteiger partial charge in [0.05, 0.1) is 22.2 Å². The summed E-state index contributed by atoms with van der Waals surface area (Å²) in [4.78, 5) is 65.9. The number of nitro benzene ring substituents is 1. The number of esters is 3. The first kappa shape index (κ1) is 32.0. The highest BCUT2D eigenvalue weighted by Crippen LogP contribution is 2.41. The number of nitro groups is 1. The van der Waals surface area contributed by atoms with Gasteiger partial charge in [0.2, 0.25) is 5.91 Å². The summed E-state index contributed by atoms with van der Waals surface area (Å²) in [6.45, 7) is 4.65. The lowest BCUT2D eigenvalue weighted by Crippen LogP contribution is -2.37. The van der Waals surface area contributed by atoms with Crippen LogP contribution >= 0.6 is 0 Å². The summed E-state index contributed by atoms with van der Waals surface area (Å²) in [5, 5.41) is 14.1. The second-order valence-corrected chi connectivity index (χ2v) is 10.4. The molecule has 44 heavy (non-hydrogen) atoms. The Morgan fingerprint density at radius 2 is 1.75 bits per heavy atom. The molecule has 1 amide bonds. The molecule has 0 saturated carbocycles. The summed E-state index contributed by atoms with van der Waals surface area (Å²) in [7, 11) is 0. The van der Waals surface area contributed by atoms with Gasteiger partial charge in [-0.3, -0.25) is 24.7 Å². The van der Waals surface area contributed by atoms with E-state index < -0.39 is 34.7 Å². The minimum atomic E-state index is -1.11. The Kier molecular flexibility index (Phi) is 10.6. The second kappa shape index (κ2) is 14.5. The normalized spacial score (nSPS) is 19.5. The number of nitrogens with zero attached hydrogens (tertiary/aromatic N) is 2.